The Balaban J connectivity index is 1.32. The number of rotatable bonds is 8. The van der Waals surface area contributed by atoms with Crippen molar-refractivity contribution in [1.29, 1.82) is 0 Å². The number of methoxy groups -OCH3 is 1. The number of amides is 1. The van der Waals surface area contributed by atoms with Crippen LogP contribution in [0.4, 0.5) is 5.69 Å². The van der Waals surface area contributed by atoms with Crippen molar-refractivity contribution in [3.8, 4) is 5.75 Å². The largest absolute Gasteiger partial charge is 0.497 e. The smallest absolute Gasteiger partial charge is 0.241 e. The van der Waals surface area contributed by atoms with Gasteiger partial charge in [-0.15, -0.1) is 0 Å². The number of carbonyl (C=O) groups is 1. The highest BCUT2D eigenvalue weighted by molar-refractivity contribution is 7.89. The van der Waals surface area contributed by atoms with Crippen molar-refractivity contribution < 1.29 is 27.8 Å². The monoisotopic (exact) mass is 501 g/mol. The van der Waals surface area contributed by atoms with Gasteiger partial charge in [-0.05, 0) is 36.4 Å². The minimum Gasteiger partial charge on any atom is -0.497 e. The van der Waals surface area contributed by atoms with E-state index >= 15 is 0 Å². The average Bonchev–Trinajstić information content (AvgIpc) is 2.90. The molecule has 4 rings (SSSR count). The van der Waals surface area contributed by atoms with E-state index in [1.165, 1.54) is 19.2 Å². The fourth-order valence-corrected chi connectivity index (χ4v) is 5.49. The molecule has 0 spiro atoms. The SMILES string of the molecule is COc1ccc(S(=O)(=O)N[C@H]2C=C[C@H](CC(=O)N3CCN(c4ccccc4)CC3)O[C@@H]2CO)cc1. The second kappa shape index (κ2) is 11.2. The molecule has 3 atom stereocenters. The van der Waals surface area contributed by atoms with Crippen LogP contribution < -0.4 is 14.4 Å². The average molecular weight is 502 g/mol. The third kappa shape index (κ3) is 6.21. The molecular formula is C25H31N3O6S. The molecule has 9 nitrogen and oxygen atoms in total. The summed E-state index contributed by atoms with van der Waals surface area (Å²) in [5, 5.41) is 9.82. The number of ether oxygens (including phenoxy) is 2. The van der Waals surface area contributed by atoms with E-state index < -0.39 is 28.3 Å². The van der Waals surface area contributed by atoms with Crippen LogP contribution in [0.5, 0.6) is 5.75 Å². The molecule has 2 heterocycles. The van der Waals surface area contributed by atoms with Gasteiger partial charge in [0.1, 0.15) is 11.9 Å². The lowest BCUT2D eigenvalue weighted by Gasteiger charge is -2.37. The fourth-order valence-electron chi connectivity index (χ4n) is 4.27. The lowest BCUT2D eigenvalue weighted by Crippen LogP contribution is -2.51. The molecule has 0 saturated carbocycles. The molecule has 2 aliphatic rings. The number of hydrogen-bond donors (Lipinski definition) is 2. The molecule has 0 aromatic heterocycles. The lowest BCUT2D eigenvalue weighted by atomic mass is 10.1. The number of hydrogen-bond acceptors (Lipinski definition) is 7. The van der Waals surface area contributed by atoms with Gasteiger partial charge >= 0.3 is 0 Å². The number of para-hydroxylation sites is 1. The number of piperazine rings is 1. The van der Waals surface area contributed by atoms with Crippen molar-refractivity contribution in [2.24, 2.45) is 0 Å². The summed E-state index contributed by atoms with van der Waals surface area (Å²) >= 11 is 0. The van der Waals surface area contributed by atoms with E-state index in [4.69, 9.17) is 9.47 Å². The number of sulfonamides is 1. The Bertz CT molecular complexity index is 1120. The van der Waals surface area contributed by atoms with E-state index in [0.29, 0.717) is 18.8 Å². The van der Waals surface area contributed by atoms with E-state index in [1.807, 2.05) is 23.1 Å². The third-order valence-electron chi connectivity index (χ3n) is 6.25. The highest BCUT2D eigenvalue weighted by atomic mass is 32.2. The summed E-state index contributed by atoms with van der Waals surface area (Å²) in [6.45, 7) is 2.37. The molecule has 0 radical (unpaired) electrons. The number of aliphatic hydroxyl groups excluding tert-OH is 1. The van der Waals surface area contributed by atoms with Crippen molar-refractivity contribution in [1.82, 2.24) is 9.62 Å². The second-order valence-corrected chi connectivity index (χ2v) is 10.2. The quantitative estimate of drug-likeness (QED) is 0.527. The summed E-state index contributed by atoms with van der Waals surface area (Å²) in [4.78, 5) is 17.0. The molecule has 0 aliphatic carbocycles. The van der Waals surface area contributed by atoms with Crippen molar-refractivity contribution in [3.63, 3.8) is 0 Å². The highest BCUT2D eigenvalue weighted by Crippen LogP contribution is 2.21. The number of carbonyl (C=O) groups excluding carboxylic acids is 1. The molecule has 0 bridgehead atoms. The van der Waals surface area contributed by atoms with Gasteiger partial charge < -0.3 is 24.4 Å². The van der Waals surface area contributed by atoms with Crippen molar-refractivity contribution >= 4 is 21.6 Å². The van der Waals surface area contributed by atoms with Gasteiger partial charge in [-0.1, -0.05) is 30.4 Å². The van der Waals surface area contributed by atoms with Crippen LogP contribution in [0.3, 0.4) is 0 Å². The van der Waals surface area contributed by atoms with Crippen LogP contribution in [0, 0.1) is 0 Å². The first-order valence-corrected chi connectivity index (χ1v) is 13.1. The number of aliphatic hydroxyl groups is 1. The minimum absolute atomic E-state index is 0.0266. The van der Waals surface area contributed by atoms with Gasteiger partial charge in [0.05, 0.1) is 37.2 Å². The van der Waals surface area contributed by atoms with Gasteiger partial charge in [0.2, 0.25) is 15.9 Å². The first kappa shape index (κ1) is 25.2. The van der Waals surface area contributed by atoms with Crippen molar-refractivity contribution in [2.75, 3.05) is 44.8 Å². The summed E-state index contributed by atoms with van der Waals surface area (Å²) in [5.41, 5.74) is 1.15. The van der Waals surface area contributed by atoms with Gasteiger partial charge in [-0.3, -0.25) is 4.79 Å². The molecule has 1 fully saturated rings. The normalized spacial score (nSPS) is 22.7. The molecule has 10 heteroatoms. The van der Waals surface area contributed by atoms with Gasteiger partial charge in [-0.2, -0.15) is 0 Å². The molecule has 2 aliphatic heterocycles. The Kier molecular flexibility index (Phi) is 8.07. The zero-order valence-corrected chi connectivity index (χ0v) is 20.4. The first-order valence-electron chi connectivity index (χ1n) is 11.6. The summed E-state index contributed by atoms with van der Waals surface area (Å²) in [6, 6.07) is 15.4. The molecule has 188 valence electrons. The van der Waals surface area contributed by atoms with Gasteiger partial charge in [0.15, 0.2) is 0 Å². The molecule has 2 aromatic rings. The maximum atomic E-state index is 12.9. The fraction of sp³-hybridized carbons (Fsp3) is 0.400. The number of nitrogens with zero attached hydrogens (tertiary/aromatic N) is 2. The summed E-state index contributed by atoms with van der Waals surface area (Å²) in [7, 11) is -2.34. The van der Waals surface area contributed by atoms with Gasteiger partial charge in [-0.25, -0.2) is 13.1 Å². The van der Waals surface area contributed by atoms with Gasteiger partial charge in [0.25, 0.3) is 0 Å². The van der Waals surface area contributed by atoms with E-state index in [0.717, 1.165) is 18.8 Å². The van der Waals surface area contributed by atoms with Crippen LogP contribution in [0.2, 0.25) is 0 Å². The zero-order chi connectivity index (χ0) is 24.8. The molecule has 2 N–H and O–H groups in total. The summed E-state index contributed by atoms with van der Waals surface area (Å²) in [5.74, 6) is 0.522. The summed E-state index contributed by atoms with van der Waals surface area (Å²) < 4.78 is 39.0. The second-order valence-electron chi connectivity index (χ2n) is 8.51. The zero-order valence-electron chi connectivity index (χ0n) is 19.6. The first-order chi connectivity index (χ1) is 16.9. The molecule has 35 heavy (non-hydrogen) atoms. The van der Waals surface area contributed by atoms with E-state index in [2.05, 4.69) is 21.8 Å². The van der Waals surface area contributed by atoms with Gasteiger partial charge in [0, 0.05) is 31.9 Å². The Morgan fingerprint density at radius 3 is 2.37 bits per heavy atom. The van der Waals surface area contributed by atoms with Crippen LogP contribution in [-0.2, 0) is 19.6 Å². The molecule has 0 unspecified atom stereocenters. The van der Waals surface area contributed by atoms with E-state index in [-0.39, 0.29) is 23.8 Å². The maximum Gasteiger partial charge on any atom is 0.241 e. The lowest BCUT2D eigenvalue weighted by molar-refractivity contribution is -0.135. The topological polar surface area (TPSA) is 108 Å². The maximum absolute atomic E-state index is 12.9. The summed E-state index contributed by atoms with van der Waals surface area (Å²) in [6.07, 6.45) is 2.13. The van der Waals surface area contributed by atoms with Crippen LogP contribution in [-0.4, -0.2) is 82.5 Å². The van der Waals surface area contributed by atoms with E-state index in [9.17, 15) is 18.3 Å². The number of nitrogens with one attached hydrogen (secondary N) is 1. The minimum atomic E-state index is -3.84. The standard InChI is InChI=1S/C25H31N3O6S/c1-33-20-7-10-22(11-8-20)35(31,32)26-23-12-9-21(34-24(23)18-29)17-25(30)28-15-13-27(14-16-28)19-5-3-2-4-6-19/h2-12,21,23-24,26,29H,13-18H2,1H3/t21-,23+,24-/m1/s1. The number of benzene rings is 2. The van der Waals surface area contributed by atoms with Crippen molar-refractivity contribution in [2.45, 2.75) is 29.6 Å². The predicted octanol–water partition coefficient (Wildman–Crippen LogP) is 1.40. The Labute approximate surface area is 206 Å². The molecule has 2 aromatic carbocycles. The van der Waals surface area contributed by atoms with Crippen LogP contribution in [0.15, 0.2) is 71.6 Å². The van der Waals surface area contributed by atoms with Crippen molar-refractivity contribution in [3.05, 3.63) is 66.7 Å². The Morgan fingerprint density at radius 1 is 1.06 bits per heavy atom. The molecule has 1 saturated heterocycles. The van der Waals surface area contributed by atoms with Crippen LogP contribution in [0.25, 0.3) is 0 Å². The third-order valence-corrected chi connectivity index (χ3v) is 7.73. The van der Waals surface area contributed by atoms with Crippen LogP contribution >= 0.6 is 0 Å². The Morgan fingerprint density at radius 2 is 1.74 bits per heavy atom. The molecule has 1 amide bonds. The number of anilines is 1. The van der Waals surface area contributed by atoms with E-state index in [1.54, 1.807) is 24.3 Å². The van der Waals surface area contributed by atoms with Crippen LogP contribution in [0.1, 0.15) is 6.42 Å². The highest BCUT2D eigenvalue weighted by Gasteiger charge is 2.32. The Hall–Kier alpha value is -2.92. The molecular weight excluding hydrogens is 470 g/mol. The predicted molar refractivity (Wildman–Crippen MR) is 132 cm³/mol.